The van der Waals surface area contributed by atoms with Crippen LogP contribution in [0.25, 0.3) is 0 Å². The Morgan fingerprint density at radius 2 is 1.22 bits per heavy atom. The molecule has 0 saturated carbocycles. The number of halogens is 1. The normalized spacial score (nSPS) is 16.3. The van der Waals surface area contributed by atoms with E-state index in [4.69, 9.17) is 47.1 Å². The third-order valence-electron chi connectivity index (χ3n) is 12.8. The second-order valence-corrected chi connectivity index (χ2v) is 19.2. The zero-order valence-corrected chi connectivity index (χ0v) is 43.7. The molecule has 5 heterocycles. The molecule has 396 valence electrons. The van der Waals surface area contributed by atoms with E-state index >= 15 is 0 Å². The van der Waals surface area contributed by atoms with Crippen LogP contribution >= 0.6 is 12.4 Å². The fourth-order valence-corrected chi connectivity index (χ4v) is 8.63. The average molecular weight is 1020 g/mol. The highest BCUT2D eigenvalue weighted by Gasteiger charge is 2.35. The summed E-state index contributed by atoms with van der Waals surface area (Å²) >= 11 is 0. The third-order valence-corrected chi connectivity index (χ3v) is 12.8. The van der Waals surface area contributed by atoms with Crippen LogP contribution in [0.4, 0.5) is 17.8 Å². The molecular formula is C49H77ClN16O6. The SMILES string of the molecule is C#CCOCCOCCOCCNc1nc(N2CCN(C(=O)[C@@H](Cc3ccc(O)cc3)n3cc([C@@H](N)CC(C)C)nn3)CC2)nc(N2CCN(C(=O)[C@H]([C@@H](C)CC)n3cc([C@@H](N)CC(C)C)nn3)CC2)n1.Cl. The van der Waals surface area contributed by atoms with Gasteiger partial charge in [0.2, 0.25) is 29.7 Å². The van der Waals surface area contributed by atoms with Gasteiger partial charge in [0.25, 0.3) is 0 Å². The van der Waals surface area contributed by atoms with Crippen molar-refractivity contribution in [3.05, 3.63) is 53.6 Å². The number of piperazine rings is 2. The molecule has 2 aliphatic rings. The number of carbonyl (C=O) groups is 2. The van der Waals surface area contributed by atoms with Crippen molar-refractivity contribution in [2.45, 2.75) is 91.4 Å². The molecular weight excluding hydrogens is 944 g/mol. The van der Waals surface area contributed by atoms with Crippen LogP contribution in [0.15, 0.2) is 36.7 Å². The van der Waals surface area contributed by atoms with Gasteiger partial charge in [-0.15, -0.1) is 29.0 Å². The van der Waals surface area contributed by atoms with Gasteiger partial charge in [0.05, 0.1) is 68.9 Å². The van der Waals surface area contributed by atoms with Crippen LogP contribution in [0.5, 0.6) is 5.75 Å². The number of ether oxygens (including phenoxy) is 3. The minimum Gasteiger partial charge on any atom is -0.508 e. The van der Waals surface area contributed by atoms with E-state index in [0.29, 0.717) is 139 Å². The number of aromatic hydroxyl groups is 1. The molecule has 1 aromatic carbocycles. The van der Waals surface area contributed by atoms with Crippen molar-refractivity contribution in [3.8, 4) is 18.1 Å². The minimum absolute atomic E-state index is 0. The van der Waals surface area contributed by atoms with Crippen molar-refractivity contribution >= 4 is 42.1 Å². The van der Waals surface area contributed by atoms with Gasteiger partial charge in [-0.05, 0) is 48.3 Å². The van der Waals surface area contributed by atoms with Crippen LogP contribution in [0.1, 0.15) is 102 Å². The molecule has 22 nitrogen and oxygen atoms in total. The second kappa shape index (κ2) is 28.5. The smallest absolute Gasteiger partial charge is 0.247 e. The number of nitrogens with two attached hydrogens (primary N) is 2. The number of nitrogens with zero attached hydrogens (tertiary/aromatic N) is 13. The lowest BCUT2D eigenvalue weighted by atomic mass is 9.97. The summed E-state index contributed by atoms with van der Waals surface area (Å²) < 4.78 is 19.9. The Bertz CT molecular complexity index is 2290. The summed E-state index contributed by atoms with van der Waals surface area (Å²) in [6.45, 7) is 19.0. The van der Waals surface area contributed by atoms with Crippen LogP contribution in [0.3, 0.4) is 0 Å². The first-order chi connectivity index (χ1) is 34.2. The van der Waals surface area contributed by atoms with Gasteiger partial charge < -0.3 is 55.7 Å². The fourth-order valence-electron chi connectivity index (χ4n) is 8.63. The van der Waals surface area contributed by atoms with Crippen molar-refractivity contribution < 1.29 is 28.9 Å². The predicted molar refractivity (Wildman–Crippen MR) is 277 cm³/mol. The van der Waals surface area contributed by atoms with Crippen molar-refractivity contribution in [2.24, 2.45) is 29.2 Å². The van der Waals surface area contributed by atoms with Crippen molar-refractivity contribution in [2.75, 3.05) is 114 Å². The molecule has 0 radical (unpaired) electrons. The molecule has 23 heteroatoms. The van der Waals surface area contributed by atoms with Crippen LogP contribution in [-0.4, -0.2) is 170 Å². The zero-order valence-electron chi connectivity index (χ0n) is 42.9. The maximum Gasteiger partial charge on any atom is 0.247 e. The Balaban J connectivity index is 0.00000963. The number of nitrogens with one attached hydrogen (secondary N) is 1. The Morgan fingerprint density at radius 3 is 1.75 bits per heavy atom. The summed E-state index contributed by atoms with van der Waals surface area (Å²) in [6, 6.07) is 5.07. The van der Waals surface area contributed by atoms with E-state index in [1.165, 1.54) is 0 Å². The number of phenols is 1. The lowest BCUT2D eigenvalue weighted by molar-refractivity contribution is -0.137. The lowest BCUT2D eigenvalue weighted by Gasteiger charge is -2.38. The predicted octanol–water partition coefficient (Wildman–Crippen LogP) is 3.44. The summed E-state index contributed by atoms with van der Waals surface area (Å²) in [5.41, 5.74) is 15.1. The molecule has 0 spiro atoms. The number of phenolic OH excluding ortho intramolecular Hbond substituents is 1. The first-order valence-electron chi connectivity index (χ1n) is 25.1. The van der Waals surface area contributed by atoms with E-state index in [1.807, 2.05) is 28.1 Å². The van der Waals surface area contributed by atoms with Gasteiger partial charge in [-0.25, -0.2) is 9.36 Å². The Morgan fingerprint density at radius 1 is 0.722 bits per heavy atom. The molecule has 2 amide bonds. The van der Waals surface area contributed by atoms with Gasteiger partial charge in [-0.3, -0.25) is 9.59 Å². The molecule has 0 aliphatic carbocycles. The topological polar surface area (TPSA) is 259 Å². The van der Waals surface area contributed by atoms with Crippen LogP contribution in [0.2, 0.25) is 0 Å². The molecule has 4 aromatic rings. The average Bonchev–Trinajstić information content (AvgIpc) is 4.07. The standard InChI is InChI=1S/C49H76N16O6.ClH/c1-8-23-69-25-27-71-28-26-70-24-14-52-47-53-48(55-49(54-47)63-21-17-61(18-22-63)46(68)44(36(7)9-2)65-33-42(57-59-65)40(51)30-35(5)6)62-19-15-60(16-20-62)45(67)43(31-37-10-12-38(66)13-11-37)64-32-41(56-58-64)39(50)29-34(3)4;/h1,10-13,32-36,39-40,43-44,66H,9,14-31,50-51H2,2-7H3,(H,52,53,54,55);1H/t36-,39-,40-,43+,44-;/m0./s1. The highest BCUT2D eigenvalue weighted by atomic mass is 35.5. The number of terminal acetylenes is 1. The van der Waals surface area contributed by atoms with E-state index in [0.717, 1.165) is 24.8 Å². The largest absolute Gasteiger partial charge is 0.508 e. The first kappa shape index (κ1) is 57.2. The quantitative estimate of drug-likeness (QED) is 0.0493. The maximum absolute atomic E-state index is 14.5. The summed E-state index contributed by atoms with van der Waals surface area (Å²) in [5.74, 6) is 4.58. The van der Waals surface area contributed by atoms with Crippen LogP contribution in [-0.2, 0) is 30.2 Å². The number of hydrogen-bond acceptors (Lipinski definition) is 18. The van der Waals surface area contributed by atoms with Gasteiger partial charge >= 0.3 is 0 Å². The van der Waals surface area contributed by atoms with E-state index < -0.39 is 12.1 Å². The fraction of sp³-hybridized carbons (Fsp3) is 0.653. The number of amides is 2. The highest BCUT2D eigenvalue weighted by Crippen LogP contribution is 2.28. The molecule has 3 aromatic heterocycles. The van der Waals surface area contributed by atoms with Crippen molar-refractivity contribution in [1.29, 1.82) is 0 Å². The summed E-state index contributed by atoms with van der Waals surface area (Å²) in [5, 5.41) is 30.9. The molecule has 2 saturated heterocycles. The van der Waals surface area contributed by atoms with Gasteiger partial charge in [-0.1, -0.05) is 76.4 Å². The number of anilines is 3. The zero-order chi connectivity index (χ0) is 50.9. The number of rotatable bonds is 27. The Labute approximate surface area is 430 Å². The monoisotopic (exact) mass is 1020 g/mol. The number of hydrogen-bond donors (Lipinski definition) is 4. The Kier molecular flexibility index (Phi) is 22.7. The van der Waals surface area contributed by atoms with Crippen molar-refractivity contribution in [3.63, 3.8) is 0 Å². The molecule has 0 unspecified atom stereocenters. The highest BCUT2D eigenvalue weighted by molar-refractivity contribution is 5.85. The molecule has 0 bridgehead atoms. The van der Waals surface area contributed by atoms with Gasteiger partial charge in [0.15, 0.2) is 0 Å². The third kappa shape index (κ3) is 16.4. The van der Waals surface area contributed by atoms with E-state index in [1.54, 1.807) is 27.7 Å². The second-order valence-electron chi connectivity index (χ2n) is 19.2. The van der Waals surface area contributed by atoms with Crippen LogP contribution in [0, 0.1) is 30.1 Å². The molecule has 6 rings (SSSR count). The number of benzene rings is 1. The maximum atomic E-state index is 14.5. The molecule has 72 heavy (non-hydrogen) atoms. The first-order valence-corrected chi connectivity index (χ1v) is 25.1. The van der Waals surface area contributed by atoms with Gasteiger partial charge in [0.1, 0.15) is 24.4 Å². The van der Waals surface area contributed by atoms with E-state index in [9.17, 15) is 14.7 Å². The van der Waals surface area contributed by atoms with Crippen molar-refractivity contribution in [1.82, 2.24) is 54.7 Å². The molecule has 2 fully saturated rings. The lowest BCUT2D eigenvalue weighted by Crippen LogP contribution is -2.52. The molecule has 5 atom stereocenters. The number of aromatic nitrogens is 9. The summed E-state index contributed by atoms with van der Waals surface area (Å²) in [6.07, 6.45) is 11.5. The summed E-state index contributed by atoms with van der Waals surface area (Å²) in [7, 11) is 0. The minimum atomic E-state index is -0.687. The van der Waals surface area contributed by atoms with Gasteiger partial charge in [-0.2, -0.15) is 15.0 Å². The summed E-state index contributed by atoms with van der Waals surface area (Å²) in [4.78, 5) is 51.4. The molecule has 2 aliphatic heterocycles. The van der Waals surface area contributed by atoms with Gasteiger partial charge in [0, 0.05) is 65.3 Å². The number of carbonyl (C=O) groups excluding carboxylic acids is 2. The molecule has 6 N–H and O–H groups in total. The Hall–Kier alpha value is -5.70. The van der Waals surface area contributed by atoms with E-state index in [2.05, 4.69) is 83.2 Å². The van der Waals surface area contributed by atoms with E-state index in [-0.39, 0.29) is 54.6 Å². The van der Waals surface area contributed by atoms with Crippen LogP contribution < -0.4 is 26.6 Å².